The molecule has 0 aliphatic rings. The van der Waals surface area contributed by atoms with Crippen LogP contribution in [0.4, 0.5) is 0 Å². The molecular weight excluding hydrogens is 262 g/mol. The van der Waals surface area contributed by atoms with Crippen molar-refractivity contribution in [2.75, 3.05) is 6.54 Å². The fourth-order valence-corrected chi connectivity index (χ4v) is 2.19. The van der Waals surface area contributed by atoms with Gasteiger partial charge in [0.1, 0.15) is 0 Å². The minimum atomic E-state index is -0.0348. The van der Waals surface area contributed by atoms with Crippen LogP contribution < -0.4 is 5.32 Å². The fourth-order valence-electron chi connectivity index (χ4n) is 1.13. The second-order valence-electron chi connectivity index (χ2n) is 3.03. The van der Waals surface area contributed by atoms with Gasteiger partial charge in [0.2, 0.25) is 0 Å². The molecule has 2 nitrogen and oxygen atoms in total. The van der Waals surface area contributed by atoms with Gasteiger partial charge in [0, 0.05) is 20.8 Å². The van der Waals surface area contributed by atoms with Crippen LogP contribution in [-0.2, 0) is 0 Å². The van der Waals surface area contributed by atoms with E-state index in [2.05, 4.69) is 27.8 Å². The Hall–Kier alpha value is -0.610. The van der Waals surface area contributed by atoms with Crippen LogP contribution in [0.15, 0.2) is 17.1 Å². The van der Waals surface area contributed by atoms with Crippen LogP contribution in [0, 0.1) is 13.8 Å². The number of carbonyl (C=O) groups is 1. The van der Waals surface area contributed by atoms with E-state index < -0.39 is 0 Å². The van der Waals surface area contributed by atoms with Crippen molar-refractivity contribution >= 4 is 33.2 Å². The number of carbonyl (C=O) groups excluding carboxylic acids is 1. The molecule has 1 N–H and O–H groups in total. The third-order valence-electron chi connectivity index (χ3n) is 1.73. The topological polar surface area (TPSA) is 29.1 Å². The van der Waals surface area contributed by atoms with Gasteiger partial charge in [-0.3, -0.25) is 4.79 Å². The summed E-state index contributed by atoms with van der Waals surface area (Å²) in [6.07, 6.45) is 0. The highest BCUT2D eigenvalue weighted by molar-refractivity contribution is 9.11. The number of aryl methyl sites for hydroxylation is 2. The number of hydrogen-bond donors (Lipinski definition) is 1. The zero-order chi connectivity index (χ0) is 10.7. The van der Waals surface area contributed by atoms with E-state index in [-0.39, 0.29) is 5.91 Å². The molecule has 1 aromatic heterocycles. The standard InChI is InChI=1S/C10H12BrNOS/c1-6(11)5-12-10(13)9-4-7(2)14-8(9)3/h4H,1,5H2,2-3H3,(H,12,13). The summed E-state index contributed by atoms with van der Waals surface area (Å²) >= 11 is 4.83. The molecule has 1 amide bonds. The number of rotatable bonds is 3. The molecule has 0 aromatic carbocycles. The van der Waals surface area contributed by atoms with Crippen LogP contribution in [0.25, 0.3) is 0 Å². The predicted molar refractivity (Wildman–Crippen MR) is 64.2 cm³/mol. The monoisotopic (exact) mass is 273 g/mol. The second-order valence-corrected chi connectivity index (χ2v) is 5.61. The minimum Gasteiger partial charge on any atom is -0.347 e. The molecule has 0 bridgehead atoms. The van der Waals surface area contributed by atoms with Gasteiger partial charge in [-0.2, -0.15) is 0 Å². The molecule has 0 unspecified atom stereocenters. The van der Waals surface area contributed by atoms with Gasteiger partial charge in [-0.25, -0.2) is 0 Å². The van der Waals surface area contributed by atoms with Gasteiger partial charge in [-0.05, 0) is 19.9 Å². The average Bonchev–Trinajstić information content (AvgIpc) is 2.41. The van der Waals surface area contributed by atoms with E-state index in [9.17, 15) is 4.79 Å². The highest BCUT2D eigenvalue weighted by atomic mass is 79.9. The molecule has 0 aliphatic heterocycles. The lowest BCUT2D eigenvalue weighted by molar-refractivity contribution is 0.0957. The maximum absolute atomic E-state index is 11.6. The highest BCUT2D eigenvalue weighted by Crippen LogP contribution is 2.20. The summed E-state index contributed by atoms with van der Waals surface area (Å²) < 4.78 is 0.774. The van der Waals surface area contributed by atoms with Crippen molar-refractivity contribution in [1.82, 2.24) is 5.32 Å². The van der Waals surface area contributed by atoms with Crippen molar-refractivity contribution < 1.29 is 4.79 Å². The zero-order valence-corrected chi connectivity index (χ0v) is 10.6. The molecule has 0 spiro atoms. The lowest BCUT2D eigenvalue weighted by atomic mass is 10.2. The maximum atomic E-state index is 11.6. The quantitative estimate of drug-likeness (QED) is 0.902. The van der Waals surface area contributed by atoms with E-state index in [0.717, 1.165) is 19.8 Å². The Balaban J connectivity index is 2.69. The summed E-state index contributed by atoms with van der Waals surface area (Å²) in [5.74, 6) is -0.0348. The molecule has 0 saturated carbocycles. The van der Waals surface area contributed by atoms with Crippen molar-refractivity contribution in [3.63, 3.8) is 0 Å². The molecule has 0 aliphatic carbocycles. The lowest BCUT2D eigenvalue weighted by Gasteiger charge is -2.02. The van der Waals surface area contributed by atoms with E-state index in [0.29, 0.717) is 6.54 Å². The molecule has 0 atom stereocenters. The molecule has 1 rings (SSSR count). The first-order valence-electron chi connectivity index (χ1n) is 4.19. The van der Waals surface area contributed by atoms with Crippen molar-refractivity contribution in [3.05, 3.63) is 32.4 Å². The Kier molecular flexibility index (Phi) is 3.89. The first kappa shape index (κ1) is 11.5. The summed E-state index contributed by atoms with van der Waals surface area (Å²) in [6.45, 7) is 8.07. The van der Waals surface area contributed by atoms with Crippen molar-refractivity contribution in [2.45, 2.75) is 13.8 Å². The summed E-state index contributed by atoms with van der Waals surface area (Å²) in [5, 5.41) is 2.77. The average molecular weight is 274 g/mol. The Morgan fingerprint density at radius 1 is 1.64 bits per heavy atom. The molecule has 14 heavy (non-hydrogen) atoms. The van der Waals surface area contributed by atoms with Gasteiger partial charge in [-0.15, -0.1) is 11.3 Å². The molecule has 0 radical (unpaired) electrons. The Labute approximate surface area is 96.2 Å². The summed E-state index contributed by atoms with van der Waals surface area (Å²) in [4.78, 5) is 13.8. The molecule has 1 aromatic rings. The third-order valence-corrected chi connectivity index (χ3v) is 2.97. The van der Waals surface area contributed by atoms with Crippen LogP contribution in [-0.4, -0.2) is 12.5 Å². The van der Waals surface area contributed by atoms with E-state index in [4.69, 9.17) is 0 Å². The third kappa shape index (κ3) is 2.96. The van der Waals surface area contributed by atoms with Crippen LogP contribution in [0.3, 0.4) is 0 Å². The number of nitrogens with one attached hydrogen (secondary N) is 1. The lowest BCUT2D eigenvalue weighted by Crippen LogP contribution is -2.24. The number of thiophene rings is 1. The zero-order valence-electron chi connectivity index (χ0n) is 8.19. The summed E-state index contributed by atoms with van der Waals surface area (Å²) in [7, 11) is 0. The molecule has 0 saturated heterocycles. The number of amides is 1. The van der Waals surface area contributed by atoms with Crippen LogP contribution in [0.2, 0.25) is 0 Å². The van der Waals surface area contributed by atoms with Crippen LogP contribution in [0.5, 0.6) is 0 Å². The predicted octanol–water partition coefficient (Wildman–Crippen LogP) is 3.00. The minimum absolute atomic E-state index is 0.0348. The van der Waals surface area contributed by atoms with Gasteiger partial charge >= 0.3 is 0 Å². The van der Waals surface area contributed by atoms with Gasteiger partial charge in [-0.1, -0.05) is 22.5 Å². The fraction of sp³-hybridized carbons (Fsp3) is 0.300. The smallest absolute Gasteiger partial charge is 0.252 e. The normalized spacial score (nSPS) is 9.93. The first-order chi connectivity index (χ1) is 6.50. The molecule has 0 fully saturated rings. The molecule has 76 valence electrons. The van der Waals surface area contributed by atoms with Gasteiger partial charge in [0.25, 0.3) is 5.91 Å². The van der Waals surface area contributed by atoms with Gasteiger partial charge in [0.05, 0.1) is 5.56 Å². The number of halogens is 1. The second kappa shape index (κ2) is 4.75. The van der Waals surface area contributed by atoms with E-state index >= 15 is 0 Å². The van der Waals surface area contributed by atoms with Crippen molar-refractivity contribution in [2.24, 2.45) is 0 Å². The Morgan fingerprint density at radius 2 is 2.29 bits per heavy atom. The molecular formula is C10H12BrNOS. The van der Waals surface area contributed by atoms with Gasteiger partial charge in [0.15, 0.2) is 0 Å². The van der Waals surface area contributed by atoms with E-state index in [1.54, 1.807) is 11.3 Å². The summed E-state index contributed by atoms with van der Waals surface area (Å²) in [5.41, 5.74) is 0.765. The first-order valence-corrected chi connectivity index (χ1v) is 5.80. The number of hydrogen-bond acceptors (Lipinski definition) is 2. The largest absolute Gasteiger partial charge is 0.347 e. The van der Waals surface area contributed by atoms with Crippen LogP contribution >= 0.6 is 27.3 Å². The van der Waals surface area contributed by atoms with Crippen molar-refractivity contribution in [3.8, 4) is 0 Å². The molecule has 4 heteroatoms. The van der Waals surface area contributed by atoms with Crippen LogP contribution in [0.1, 0.15) is 20.1 Å². The Morgan fingerprint density at radius 3 is 2.71 bits per heavy atom. The molecule has 1 heterocycles. The SMILES string of the molecule is C=C(Br)CNC(=O)c1cc(C)sc1C. The van der Waals surface area contributed by atoms with Gasteiger partial charge < -0.3 is 5.32 Å². The summed E-state index contributed by atoms with van der Waals surface area (Å²) in [6, 6.07) is 1.91. The van der Waals surface area contributed by atoms with E-state index in [1.807, 2.05) is 19.9 Å². The van der Waals surface area contributed by atoms with E-state index in [1.165, 1.54) is 0 Å². The van der Waals surface area contributed by atoms with Crippen molar-refractivity contribution in [1.29, 1.82) is 0 Å². The Bertz CT molecular complexity index is 370. The maximum Gasteiger partial charge on any atom is 0.252 e. The highest BCUT2D eigenvalue weighted by Gasteiger charge is 2.10.